The van der Waals surface area contributed by atoms with Gasteiger partial charge in [0.05, 0.1) is 21.9 Å². The summed E-state index contributed by atoms with van der Waals surface area (Å²) in [6.07, 6.45) is 4.47. The molecule has 3 aromatic heterocycles. The van der Waals surface area contributed by atoms with Gasteiger partial charge in [-0.15, -0.1) is 10.2 Å². The molecule has 0 spiro atoms. The minimum absolute atomic E-state index is 0.0588. The molecule has 1 aliphatic heterocycles. The van der Waals surface area contributed by atoms with Gasteiger partial charge in [-0.05, 0) is 44.7 Å². The second-order valence-electron chi connectivity index (χ2n) is 10.4. The molecule has 4 heterocycles. The number of hydrogen-bond acceptors (Lipinski definition) is 10. The highest BCUT2D eigenvalue weighted by atomic mass is 32.2. The maximum absolute atomic E-state index is 13.2. The van der Waals surface area contributed by atoms with E-state index >= 15 is 0 Å². The fourth-order valence-corrected chi connectivity index (χ4v) is 7.28. The molecular formula is C25H25N9O3S2. The molecule has 14 heteroatoms. The van der Waals surface area contributed by atoms with Gasteiger partial charge in [0.1, 0.15) is 22.7 Å². The molecule has 3 fully saturated rings. The van der Waals surface area contributed by atoms with E-state index in [-0.39, 0.29) is 16.7 Å². The first-order valence-electron chi connectivity index (χ1n) is 12.9. The van der Waals surface area contributed by atoms with Gasteiger partial charge in [0.2, 0.25) is 21.1 Å². The molecule has 1 amide bonds. The average molecular weight is 564 g/mol. The summed E-state index contributed by atoms with van der Waals surface area (Å²) in [5.41, 5.74) is 0.175. The standard InChI is InChI=1S/C25H25N9O3S2/c1-15-29-30-24(38-15)34-19-12-17(39(36,37)31-25(13-26)6-7-25)4-5-18(19)20-21(27-14-28-22(20)34)32-8-10-33(11-9-32)23(35)16-2-3-16/h4-5,12,14,16,31H,2-3,6-11H2,1H3. The van der Waals surface area contributed by atoms with E-state index in [0.717, 1.165) is 34.4 Å². The molecule has 2 saturated carbocycles. The number of amides is 1. The van der Waals surface area contributed by atoms with E-state index in [1.165, 1.54) is 17.7 Å². The first-order valence-corrected chi connectivity index (χ1v) is 15.2. The topological polar surface area (TPSA) is 150 Å². The number of nitrogens with one attached hydrogen (secondary N) is 1. The molecule has 39 heavy (non-hydrogen) atoms. The smallest absolute Gasteiger partial charge is 0.242 e. The lowest BCUT2D eigenvalue weighted by atomic mass is 10.2. The number of carbonyl (C=O) groups is 1. The van der Waals surface area contributed by atoms with Crippen LogP contribution in [0.3, 0.4) is 0 Å². The van der Waals surface area contributed by atoms with E-state index in [1.54, 1.807) is 18.2 Å². The summed E-state index contributed by atoms with van der Waals surface area (Å²) in [6, 6.07) is 6.99. The van der Waals surface area contributed by atoms with Gasteiger partial charge in [0.15, 0.2) is 5.65 Å². The molecule has 4 aromatic rings. The fraction of sp³-hybridized carbons (Fsp3) is 0.440. The maximum Gasteiger partial charge on any atom is 0.242 e. The molecule has 1 N–H and O–H groups in total. The molecule has 3 aliphatic rings. The van der Waals surface area contributed by atoms with Crippen LogP contribution in [0.1, 0.15) is 30.7 Å². The van der Waals surface area contributed by atoms with Crippen molar-refractivity contribution in [3.63, 3.8) is 0 Å². The lowest BCUT2D eigenvalue weighted by Crippen LogP contribution is -2.49. The molecular weight excluding hydrogens is 538 g/mol. The number of aryl methyl sites for hydroxylation is 1. The predicted molar refractivity (Wildman–Crippen MR) is 144 cm³/mol. The quantitative estimate of drug-likeness (QED) is 0.372. The van der Waals surface area contributed by atoms with Gasteiger partial charge in [-0.3, -0.25) is 9.36 Å². The molecule has 1 saturated heterocycles. The Morgan fingerprint density at radius 2 is 1.92 bits per heavy atom. The Morgan fingerprint density at radius 1 is 1.15 bits per heavy atom. The minimum atomic E-state index is -3.94. The van der Waals surface area contributed by atoms with E-state index < -0.39 is 15.6 Å². The number of piperazine rings is 1. The largest absolute Gasteiger partial charge is 0.352 e. The third kappa shape index (κ3) is 4.12. The van der Waals surface area contributed by atoms with Gasteiger partial charge in [-0.25, -0.2) is 18.4 Å². The van der Waals surface area contributed by atoms with Crippen molar-refractivity contribution in [2.45, 2.75) is 43.0 Å². The van der Waals surface area contributed by atoms with Crippen LogP contribution in [0.15, 0.2) is 29.4 Å². The van der Waals surface area contributed by atoms with E-state index in [9.17, 15) is 18.5 Å². The van der Waals surface area contributed by atoms with Crippen LogP contribution in [0.5, 0.6) is 0 Å². The zero-order valence-corrected chi connectivity index (χ0v) is 22.8. The summed E-state index contributed by atoms with van der Waals surface area (Å²) >= 11 is 1.38. The van der Waals surface area contributed by atoms with Crippen molar-refractivity contribution < 1.29 is 13.2 Å². The van der Waals surface area contributed by atoms with Gasteiger partial charge in [-0.2, -0.15) is 9.98 Å². The molecule has 12 nitrogen and oxygen atoms in total. The number of nitriles is 1. The summed E-state index contributed by atoms with van der Waals surface area (Å²) in [5.74, 6) is 1.18. The number of anilines is 1. The first-order chi connectivity index (χ1) is 18.8. The normalized spacial score (nSPS) is 19.0. The number of benzene rings is 1. The van der Waals surface area contributed by atoms with Crippen molar-refractivity contribution in [1.82, 2.24) is 34.4 Å². The number of sulfonamides is 1. The Hall–Kier alpha value is -3.67. The maximum atomic E-state index is 13.2. The number of hydrogen-bond donors (Lipinski definition) is 1. The number of nitrogens with zero attached hydrogens (tertiary/aromatic N) is 8. The molecule has 200 valence electrons. The lowest BCUT2D eigenvalue weighted by molar-refractivity contribution is -0.132. The summed E-state index contributed by atoms with van der Waals surface area (Å²) < 4.78 is 30.9. The first kappa shape index (κ1) is 24.4. The minimum Gasteiger partial charge on any atom is -0.352 e. The lowest BCUT2D eigenvalue weighted by Gasteiger charge is -2.35. The second kappa shape index (κ2) is 8.67. The Labute approximate surface area is 228 Å². The molecule has 0 unspecified atom stereocenters. The van der Waals surface area contributed by atoms with E-state index in [4.69, 9.17) is 0 Å². The van der Waals surface area contributed by atoms with Crippen LogP contribution < -0.4 is 9.62 Å². The van der Waals surface area contributed by atoms with Gasteiger partial charge in [-0.1, -0.05) is 17.4 Å². The summed E-state index contributed by atoms with van der Waals surface area (Å²) in [6.45, 7) is 4.39. The fourth-order valence-electron chi connectivity index (χ4n) is 5.18. The Balaban J connectivity index is 1.34. The zero-order valence-electron chi connectivity index (χ0n) is 21.2. The highest BCUT2D eigenvalue weighted by molar-refractivity contribution is 7.89. The third-order valence-electron chi connectivity index (χ3n) is 7.63. The van der Waals surface area contributed by atoms with Gasteiger partial charge >= 0.3 is 0 Å². The van der Waals surface area contributed by atoms with Crippen molar-refractivity contribution >= 4 is 55.0 Å². The average Bonchev–Trinajstić information content (AvgIpc) is 3.86. The number of fused-ring (bicyclic) bond motifs is 3. The molecule has 0 radical (unpaired) electrons. The number of rotatable bonds is 6. The van der Waals surface area contributed by atoms with Crippen LogP contribution in [0.25, 0.3) is 27.1 Å². The number of carbonyl (C=O) groups excluding carboxylic acids is 1. The SMILES string of the molecule is Cc1nnc(-n2c3cc(S(=O)(=O)NC4(C#N)CC4)ccc3c3c(N4CCN(C(=O)C5CC5)CC4)ncnc32)s1. The van der Waals surface area contributed by atoms with E-state index in [0.29, 0.717) is 55.3 Å². The third-order valence-corrected chi connectivity index (χ3v) is 9.98. The number of aromatic nitrogens is 5. The summed E-state index contributed by atoms with van der Waals surface area (Å²) in [5, 5.41) is 20.8. The van der Waals surface area contributed by atoms with Gasteiger partial charge < -0.3 is 9.80 Å². The molecule has 2 aliphatic carbocycles. The van der Waals surface area contributed by atoms with Crippen molar-refractivity contribution in [1.29, 1.82) is 5.26 Å². The molecule has 0 atom stereocenters. The van der Waals surface area contributed by atoms with Crippen LogP contribution in [-0.2, 0) is 14.8 Å². The van der Waals surface area contributed by atoms with Crippen molar-refractivity contribution in [2.75, 3.05) is 31.1 Å². The summed E-state index contributed by atoms with van der Waals surface area (Å²) in [7, 11) is -3.94. The Kier molecular flexibility index (Phi) is 5.42. The van der Waals surface area contributed by atoms with Gasteiger partial charge in [0, 0.05) is 37.5 Å². The highest BCUT2D eigenvalue weighted by Gasteiger charge is 2.47. The molecule has 7 rings (SSSR count). The van der Waals surface area contributed by atoms with Crippen LogP contribution >= 0.6 is 11.3 Å². The van der Waals surface area contributed by atoms with Crippen molar-refractivity contribution in [3.8, 4) is 11.2 Å². The van der Waals surface area contributed by atoms with Crippen molar-refractivity contribution in [3.05, 3.63) is 29.5 Å². The monoisotopic (exact) mass is 563 g/mol. The highest BCUT2D eigenvalue weighted by Crippen LogP contribution is 2.39. The van der Waals surface area contributed by atoms with E-state index in [2.05, 4.69) is 35.9 Å². The zero-order chi connectivity index (χ0) is 26.9. The van der Waals surface area contributed by atoms with Gasteiger partial charge in [0.25, 0.3) is 0 Å². The van der Waals surface area contributed by atoms with Crippen LogP contribution in [0.4, 0.5) is 5.82 Å². The molecule has 1 aromatic carbocycles. The van der Waals surface area contributed by atoms with E-state index in [1.807, 2.05) is 16.4 Å². The second-order valence-corrected chi connectivity index (χ2v) is 13.2. The Morgan fingerprint density at radius 3 is 2.56 bits per heavy atom. The summed E-state index contributed by atoms with van der Waals surface area (Å²) in [4.78, 5) is 26.0. The van der Waals surface area contributed by atoms with Crippen molar-refractivity contribution in [2.24, 2.45) is 5.92 Å². The van der Waals surface area contributed by atoms with Crippen LogP contribution in [0.2, 0.25) is 0 Å². The van der Waals surface area contributed by atoms with Crippen LogP contribution in [0, 0.1) is 24.2 Å². The Bertz CT molecular complexity index is 1790. The molecule has 0 bridgehead atoms. The predicted octanol–water partition coefficient (Wildman–Crippen LogP) is 2.13. The van der Waals surface area contributed by atoms with Crippen LogP contribution in [-0.4, -0.2) is 75.7 Å².